The molecule has 9 heteroatoms. The number of nitrogens with one attached hydrogen (secondary N) is 1. The Morgan fingerprint density at radius 2 is 2.00 bits per heavy atom. The fourth-order valence-electron chi connectivity index (χ4n) is 1.79. The van der Waals surface area contributed by atoms with E-state index in [1.54, 1.807) is 0 Å². The van der Waals surface area contributed by atoms with Crippen LogP contribution in [0.5, 0.6) is 5.75 Å². The molecule has 1 saturated carbocycles. The number of hydrogen-bond donors (Lipinski definition) is 2. The number of carboxylic acids is 1. The molecular formula is C12H9BrF3NO4. The molecule has 0 heterocycles. The van der Waals surface area contributed by atoms with Gasteiger partial charge in [0.2, 0.25) is 5.91 Å². The minimum Gasteiger partial charge on any atom is -0.481 e. The Morgan fingerprint density at radius 3 is 2.52 bits per heavy atom. The second-order valence-corrected chi connectivity index (χ2v) is 5.38. The highest BCUT2D eigenvalue weighted by Gasteiger charge is 2.48. The number of alkyl halides is 3. The van der Waals surface area contributed by atoms with Crippen molar-refractivity contribution in [3.05, 3.63) is 22.7 Å². The van der Waals surface area contributed by atoms with Gasteiger partial charge in [0.25, 0.3) is 0 Å². The third-order valence-corrected chi connectivity index (χ3v) is 3.36. The van der Waals surface area contributed by atoms with E-state index in [2.05, 4.69) is 26.0 Å². The van der Waals surface area contributed by atoms with Crippen LogP contribution < -0.4 is 10.1 Å². The number of aliphatic carboxylic acids is 1. The number of hydrogen-bond acceptors (Lipinski definition) is 3. The highest BCUT2D eigenvalue weighted by Crippen LogP contribution is 2.40. The molecule has 2 unspecified atom stereocenters. The van der Waals surface area contributed by atoms with E-state index in [0.717, 1.165) is 6.07 Å². The number of carbonyl (C=O) groups excluding carboxylic acids is 1. The van der Waals surface area contributed by atoms with Crippen molar-refractivity contribution in [2.24, 2.45) is 11.8 Å². The summed E-state index contributed by atoms with van der Waals surface area (Å²) in [6.07, 6.45) is -4.73. The van der Waals surface area contributed by atoms with Crippen LogP contribution in [0.4, 0.5) is 18.9 Å². The Morgan fingerprint density at radius 1 is 1.33 bits per heavy atom. The monoisotopic (exact) mass is 367 g/mol. The summed E-state index contributed by atoms with van der Waals surface area (Å²) in [4.78, 5) is 22.4. The normalized spacial score (nSPS) is 20.8. The van der Waals surface area contributed by atoms with Gasteiger partial charge in [0, 0.05) is 4.47 Å². The van der Waals surface area contributed by atoms with Crippen molar-refractivity contribution in [1.29, 1.82) is 0 Å². The van der Waals surface area contributed by atoms with Crippen molar-refractivity contribution in [3.8, 4) is 5.75 Å². The molecule has 2 N–H and O–H groups in total. The van der Waals surface area contributed by atoms with E-state index in [0.29, 0.717) is 4.47 Å². The van der Waals surface area contributed by atoms with Gasteiger partial charge in [0.05, 0.1) is 17.5 Å². The molecule has 0 aromatic heterocycles. The van der Waals surface area contributed by atoms with Crippen LogP contribution in [-0.4, -0.2) is 23.3 Å². The van der Waals surface area contributed by atoms with Gasteiger partial charge >= 0.3 is 12.3 Å². The van der Waals surface area contributed by atoms with Gasteiger partial charge in [0.1, 0.15) is 0 Å². The summed E-state index contributed by atoms with van der Waals surface area (Å²) in [5.41, 5.74) is -0.170. The summed E-state index contributed by atoms with van der Waals surface area (Å²) < 4.78 is 41.1. The molecule has 0 bridgehead atoms. The molecule has 0 radical (unpaired) electrons. The third kappa shape index (κ3) is 4.10. The molecular weight excluding hydrogens is 359 g/mol. The summed E-state index contributed by atoms with van der Waals surface area (Å²) in [6.45, 7) is 0. The number of rotatable bonds is 4. The molecule has 1 aliphatic rings. The molecule has 1 aromatic rings. The van der Waals surface area contributed by atoms with Gasteiger partial charge in [-0.05, 0) is 24.6 Å². The van der Waals surface area contributed by atoms with Crippen LogP contribution in [0, 0.1) is 11.8 Å². The minimum atomic E-state index is -4.90. The van der Waals surface area contributed by atoms with Crippen LogP contribution in [0.1, 0.15) is 6.42 Å². The summed E-state index contributed by atoms with van der Waals surface area (Å²) >= 11 is 3.00. The SMILES string of the molecule is O=C(O)C1CC1C(=O)Nc1ccc(Br)cc1OC(F)(F)F. The first-order valence-corrected chi connectivity index (χ1v) is 6.55. The largest absolute Gasteiger partial charge is 0.573 e. The molecule has 21 heavy (non-hydrogen) atoms. The average Bonchev–Trinajstić information content (AvgIpc) is 3.10. The Hall–Kier alpha value is -1.77. The highest BCUT2D eigenvalue weighted by atomic mass is 79.9. The lowest BCUT2D eigenvalue weighted by Gasteiger charge is -2.14. The Labute approximate surface area is 125 Å². The highest BCUT2D eigenvalue weighted by molar-refractivity contribution is 9.10. The molecule has 2 atom stereocenters. The summed E-state index contributed by atoms with van der Waals surface area (Å²) in [6, 6.07) is 3.73. The van der Waals surface area contributed by atoms with Gasteiger partial charge in [-0.15, -0.1) is 13.2 Å². The van der Waals surface area contributed by atoms with E-state index >= 15 is 0 Å². The smallest absolute Gasteiger partial charge is 0.481 e. The summed E-state index contributed by atoms with van der Waals surface area (Å²) in [7, 11) is 0. The molecule has 2 rings (SSSR count). The number of anilines is 1. The molecule has 1 aliphatic carbocycles. The van der Waals surface area contributed by atoms with Crippen molar-refractivity contribution in [1.82, 2.24) is 0 Å². The van der Waals surface area contributed by atoms with Crippen molar-refractivity contribution in [3.63, 3.8) is 0 Å². The van der Waals surface area contributed by atoms with Crippen molar-refractivity contribution in [2.75, 3.05) is 5.32 Å². The van der Waals surface area contributed by atoms with Crippen LogP contribution in [0.3, 0.4) is 0 Å². The van der Waals surface area contributed by atoms with Crippen LogP contribution in [0.25, 0.3) is 0 Å². The lowest BCUT2D eigenvalue weighted by Crippen LogP contribution is -2.21. The van der Waals surface area contributed by atoms with E-state index in [1.807, 2.05) is 0 Å². The van der Waals surface area contributed by atoms with E-state index in [4.69, 9.17) is 5.11 Å². The van der Waals surface area contributed by atoms with Crippen molar-refractivity contribution >= 4 is 33.5 Å². The van der Waals surface area contributed by atoms with Crippen LogP contribution in [0.2, 0.25) is 0 Å². The first-order valence-electron chi connectivity index (χ1n) is 5.76. The Kier molecular flexibility index (Phi) is 4.13. The maximum atomic E-state index is 12.3. The number of halogens is 4. The van der Waals surface area contributed by atoms with Crippen molar-refractivity contribution in [2.45, 2.75) is 12.8 Å². The number of benzene rings is 1. The van der Waals surface area contributed by atoms with E-state index < -0.39 is 35.8 Å². The first kappa shape index (κ1) is 15.6. The Bertz CT molecular complexity index is 590. The molecule has 114 valence electrons. The van der Waals surface area contributed by atoms with Gasteiger partial charge in [-0.1, -0.05) is 15.9 Å². The Balaban J connectivity index is 2.13. The first-order chi connectivity index (χ1) is 9.67. The van der Waals surface area contributed by atoms with Crippen LogP contribution >= 0.6 is 15.9 Å². The number of carboxylic acid groups (broad SMARTS) is 1. The number of amides is 1. The fourth-order valence-corrected chi connectivity index (χ4v) is 2.13. The van der Waals surface area contributed by atoms with Crippen molar-refractivity contribution < 1.29 is 32.6 Å². The lowest BCUT2D eigenvalue weighted by atomic mass is 10.2. The second-order valence-electron chi connectivity index (χ2n) is 4.46. The van der Waals surface area contributed by atoms with Gasteiger partial charge < -0.3 is 15.2 Å². The van der Waals surface area contributed by atoms with Crippen LogP contribution in [-0.2, 0) is 9.59 Å². The zero-order chi connectivity index (χ0) is 15.8. The molecule has 5 nitrogen and oxygen atoms in total. The molecule has 1 amide bonds. The zero-order valence-electron chi connectivity index (χ0n) is 10.3. The maximum Gasteiger partial charge on any atom is 0.573 e. The molecule has 0 aliphatic heterocycles. The second kappa shape index (κ2) is 5.55. The van der Waals surface area contributed by atoms with Gasteiger partial charge in [0.15, 0.2) is 5.75 Å². The van der Waals surface area contributed by atoms with Crippen LogP contribution in [0.15, 0.2) is 22.7 Å². The average molecular weight is 368 g/mol. The molecule has 0 spiro atoms. The molecule has 1 fully saturated rings. The number of ether oxygens (including phenoxy) is 1. The quantitative estimate of drug-likeness (QED) is 0.857. The predicted molar refractivity (Wildman–Crippen MR) is 68.7 cm³/mol. The zero-order valence-corrected chi connectivity index (χ0v) is 11.9. The molecule has 1 aromatic carbocycles. The van der Waals surface area contributed by atoms with E-state index in [1.165, 1.54) is 12.1 Å². The fraction of sp³-hybridized carbons (Fsp3) is 0.333. The van der Waals surface area contributed by atoms with E-state index in [-0.39, 0.29) is 12.1 Å². The standard InChI is InChI=1S/C12H9BrF3NO4/c13-5-1-2-8(9(3-5)21-12(14,15)16)17-10(18)6-4-7(6)11(19)20/h1-3,6-7H,4H2,(H,17,18)(H,19,20). The lowest BCUT2D eigenvalue weighted by molar-refractivity contribution is -0.274. The van der Waals surface area contributed by atoms with Gasteiger partial charge in [-0.2, -0.15) is 0 Å². The third-order valence-electron chi connectivity index (χ3n) is 2.87. The van der Waals surface area contributed by atoms with Gasteiger partial charge in [-0.25, -0.2) is 0 Å². The molecule has 0 saturated heterocycles. The minimum absolute atomic E-state index is 0.170. The maximum absolute atomic E-state index is 12.3. The van der Waals surface area contributed by atoms with Gasteiger partial charge in [-0.3, -0.25) is 9.59 Å². The summed E-state index contributed by atoms with van der Waals surface area (Å²) in [5, 5.41) is 11.0. The predicted octanol–water partition coefficient (Wildman–Crippen LogP) is 3.01. The number of carbonyl (C=O) groups is 2. The summed E-state index contributed by atoms with van der Waals surface area (Å²) in [5.74, 6) is -3.83. The van der Waals surface area contributed by atoms with E-state index in [9.17, 15) is 22.8 Å². The topological polar surface area (TPSA) is 75.6 Å².